The van der Waals surface area contributed by atoms with Gasteiger partial charge in [0.1, 0.15) is 18.2 Å². The number of benzene rings is 1. The van der Waals surface area contributed by atoms with Crippen LogP contribution < -0.4 is 4.74 Å². The molecule has 0 unspecified atom stereocenters. The molecule has 1 N–H and O–H groups in total. The quantitative estimate of drug-likeness (QED) is 0.850. The molecule has 0 spiro atoms. The SMILES string of the molecule is CCC(CC)n1ccc(COc2ccc(F)cc2CO)n1. The molecular formula is C16H21FN2O2. The van der Waals surface area contributed by atoms with Crippen molar-refractivity contribution >= 4 is 0 Å². The van der Waals surface area contributed by atoms with Crippen LogP contribution in [0.5, 0.6) is 5.75 Å². The minimum Gasteiger partial charge on any atom is -0.487 e. The maximum atomic E-state index is 13.1. The molecule has 0 aliphatic rings. The van der Waals surface area contributed by atoms with Gasteiger partial charge in [0.05, 0.1) is 18.3 Å². The third kappa shape index (κ3) is 3.82. The number of ether oxygens (including phenoxy) is 1. The van der Waals surface area contributed by atoms with Gasteiger partial charge in [-0.15, -0.1) is 0 Å². The van der Waals surface area contributed by atoms with Crippen molar-refractivity contribution in [2.75, 3.05) is 0 Å². The van der Waals surface area contributed by atoms with E-state index < -0.39 is 0 Å². The molecule has 0 atom stereocenters. The Hall–Kier alpha value is -1.88. The lowest BCUT2D eigenvalue weighted by atomic mass is 10.2. The van der Waals surface area contributed by atoms with Crippen LogP contribution in [-0.2, 0) is 13.2 Å². The molecule has 114 valence electrons. The summed E-state index contributed by atoms with van der Waals surface area (Å²) in [5, 5.41) is 13.7. The Kier molecular flexibility index (Phi) is 5.33. The average molecular weight is 292 g/mol. The van der Waals surface area contributed by atoms with E-state index in [-0.39, 0.29) is 12.4 Å². The van der Waals surface area contributed by atoms with Gasteiger partial charge in [-0.05, 0) is 37.1 Å². The summed E-state index contributed by atoms with van der Waals surface area (Å²) in [6.45, 7) is 4.32. The summed E-state index contributed by atoms with van der Waals surface area (Å²) < 4.78 is 20.7. The number of halogens is 1. The highest BCUT2D eigenvalue weighted by molar-refractivity contribution is 5.33. The number of aliphatic hydroxyl groups excluding tert-OH is 1. The van der Waals surface area contributed by atoms with Gasteiger partial charge in [-0.25, -0.2) is 4.39 Å². The second-order valence-corrected chi connectivity index (χ2v) is 4.96. The number of aromatic nitrogens is 2. The van der Waals surface area contributed by atoms with Crippen molar-refractivity contribution in [2.24, 2.45) is 0 Å². The second-order valence-electron chi connectivity index (χ2n) is 4.96. The number of hydrogen-bond donors (Lipinski definition) is 1. The third-order valence-electron chi connectivity index (χ3n) is 3.55. The van der Waals surface area contributed by atoms with Crippen LogP contribution >= 0.6 is 0 Å². The molecule has 1 heterocycles. The minimum absolute atomic E-state index is 0.255. The number of nitrogens with zero attached hydrogens (tertiary/aromatic N) is 2. The van der Waals surface area contributed by atoms with Crippen LogP contribution in [0.15, 0.2) is 30.5 Å². The minimum atomic E-state index is -0.385. The summed E-state index contributed by atoms with van der Waals surface area (Å²) in [6.07, 6.45) is 4.02. The predicted octanol–water partition coefficient (Wildman–Crippen LogP) is 3.45. The van der Waals surface area contributed by atoms with Crippen LogP contribution in [0.25, 0.3) is 0 Å². The molecule has 0 saturated heterocycles. The van der Waals surface area contributed by atoms with Gasteiger partial charge < -0.3 is 9.84 Å². The molecule has 0 fully saturated rings. The van der Waals surface area contributed by atoms with E-state index >= 15 is 0 Å². The largest absolute Gasteiger partial charge is 0.487 e. The van der Waals surface area contributed by atoms with E-state index in [0.29, 0.717) is 24.0 Å². The molecule has 0 saturated carbocycles. The van der Waals surface area contributed by atoms with Gasteiger partial charge in [0.25, 0.3) is 0 Å². The summed E-state index contributed by atoms with van der Waals surface area (Å²) in [4.78, 5) is 0. The van der Waals surface area contributed by atoms with E-state index in [4.69, 9.17) is 4.74 Å². The highest BCUT2D eigenvalue weighted by Crippen LogP contribution is 2.21. The molecule has 0 aliphatic carbocycles. The van der Waals surface area contributed by atoms with E-state index in [1.165, 1.54) is 18.2 Å². The Labute approximate surface area is 124 Å². The van der Waals surface area contributed by atoms with Crippen molar-refractivity contribution < 1.29 is 14.2 Å². The number of hydrogen-bond acceptors (Lipinski definition) is 3. The molecule has 5 heteroatoms. The van der Waals surface area contributed by atoms with Gasteiger partial charge in [0.15, 0.2) is 0 Å². The van der Waals surface area contributed by atoms with Crippen LogP contribution in [0, 0.1) is 5.82 Å². The molecule has 1 aromatic heterocycles. The van der Waals surface area contributed by atoms with Crippen molar-refractivity contribution in [3.05, 3.63) is 47.5 Å². The van der Waals surface area contributed by atoms with Crippen molar-refractivity contribution in [3.63, 3.8) is 0 Å². The lowest BCUT2D eigenvalue weighted by molar-refractivity contribution is 0.255. The first-order valence-electron chi connectivity index (χ1n) is 7.24. The van der Waals surface area contributed by atoms with E-state index in [0.717, 1.165) is 18.5 Å². The van der Waals surface area contributed by atoms with Gasteiger partial charge in [-0.1, -0.05) is 13.8 Å². The number of rotatable bonds is 7. The van der Waals surface area contributed by atoms with Gasteiger partial charge in [-0.2, -0.15) is 5.10 Å². The summed E-state index contributed by atoms with van der Waals surface area (Å²) >= 11 is 0. The molecule has 1 aromatic carbocycles. The third-order valence-corrected chi connectivity index (χ3v) is 3.55. The van der Waals surface area contributed by atoms with Crippen molar-refractivity contribution in [2.45, 2.75) is 45.9 Å². The smallest absolute Gasteiger partial charge is 0.132 e. The zero-order chi connectivity index (χ0) is 15.2. The highest BCUT2D eigenvalue weighted by atomic mass is 19.1. The summed E-state index contributed by atoms with van der Waals surface area (Å²) in [5.74, 6) is 0.0976. The second kappa shape index (κ2) is 7.22. The van der Waals surface area contributed by atoms with Crippen LogP contribution in [-0.4, -0.2) is 14.9 Å². The normalized spacial score (nSPS) is 11.1. The molecule has 0 aliphatic heterocycles. The molecule has 2 aromatic rings. The molecule has 2 rings (SSSR count). The lowest BCUT2D eigenvalue weighted by Crippen LogP contribution is -2.08. The molecular weight excluding hydrogens is 271 g/mol. The van der Waals surface area contributed by atoms with Gasteiger partial charge in [0, 0.05) is 11.8 Å². The topological polar surface area (TPSA) is 47.3 Å². The van der Waals surface area contributed by atoms with Gasteiger partial charge in [0.2, 0.25) is 0 Å². The maximum absolute atomic E-state index is 13.1. The van der Waals surface area contributed by atoms with Gasteiger partial charge >= 0.3 is 0 Å². The molecule has 0 amide bonds. The van der Waals surface area contributed by atoms with Crippen LogP contribution in [0.3, 0.4) is 0 Å². The summed E-state index contributed by atoms with van der Waals surface area (Å²) in [5.41, 5.74) is 1.25. The van der Waals surface area contributed by atoms with Crippen molar-refractivity contribution in [1.82, 2.24) is 9.78 Å². The highest BCUT2D eigenvalue weighted by Gasteiger charge is 2.09. The van der Waals surface area contributed by atoms with Gasteiger partial charge in [-0.3, -0.25) is 4.68 Å². The van der Waals surface area contributed by atoms with Crippen molar-refractivity contribution in [1.29, 1.82) is 0 Å². The summed E-state index contributed by atoms with van der Waals surface area (Å²) in [6, 6.07) is 6.44. The average Bonchev–Trinajstić information content (AvgIpc) is 2.96. The first kappa shape index (κ1) is 15.5. The number of aliphatic hydroxyl groups is 1. The van der Waals surface area contributed by atoms with Crippen LogP contribution in [0.1, 0.15) is 44.0 Å². The van der Waals surface area contributed by atoms with Crippen molar-refractivity contribution in [3.8, 4) is 5.75 Å². The Morgan fingerprint density at radius 2 is 2.05 bits per heavy atom. The molecule has 4 nitrogen and oxygen atoms in total. The molecule has 0 radical (unpaired) electrons. The molecule has 0 bridgehead atoms. The Balaban J connectivity index is 2.03. The van der Waals surface area contributed by atoms with Crippen LogP contribution in [0.2, 0.25) is 0 Å². The fourth-order valence-corrected chi connectivity index (χ4v) is 2.28. The van der Waals surface area contributed by atoms with Crippen LogP contribution in [0.4, 0.5) is 4.39 Å². The Morgan fingerprint density at radius 1 is 1.29 bits per heavy atom. The first-order valence-corrected chi connectivity index (χ1v) is 7.24. The first-order chi connectivity index (χ1) is 10.2. The zero-order valence-corrected chi connectivity index (χ0v) is 12.4. The Bertz CT molecular complexity index is 579. The standard InChI is InChI=1S/C16H21FN2O2/c1-3-15(4-2)19-8-7-14(18-19)11-21-16-6-5-13(17)9-12(16)10-20/h5-9,15,20H,3-4,10-11H2,1-2H3. The summed E-state index contributed by atoms with van der Waals surface area (Å²) in [7, 11) is 0. The molecule has 21 heavy (non-hydrogen) atoms. The fourth-order valence-electron chi connectivity index (χ4n) is 2.28. The zero-order valence-electron chi connectivity index (χ0n) is 12.4. The van der Waals surface area contributed by atoms with E-state index in [2.05, 4.69) is 18.9 Å². The monoisotopic (exact) mass is 292 g/mol. The Morgan fingerprint density at radius 3 is 2.71 bits per heavy atom. The van der Waals surface area contributed by atoms with E-state index in [9.17, 15) is 9.50 Å². The van der Waals surface area contributed by atoms with E-state index in [1.807, 2.05) is 16.9 Å². The predicted molar refractivity (Wildman–Crippen MR) is 78.5 cm³/mol. The lowest BCUT2D eigenvalue weighted by Gasteiger charge is -2.12. The fraction of sp³-hybridized carbons (Fsp3) is 0.438. The van der Waals surface area contributed by atoms with E-state index in [1.54, 1.807) is 0 Å². The maximum Gasteiger partial charge on any atom is 0.132 e.